The minimum absolute atomic E-state index is 0.0104. The molecule has 200 valence electrons. The molecule has 1 saturated heterocycles. The Hall–Kier alpha value is -3.98. The molecular weight excluding hydrogens is 516 g/mol. The highest BCUT2D eigenvalue weighted by Crippen LogP contribution is 2.31. The first kappa shape index (κ1) is 26.6. The van der Waals surface area contributed by atoms with E-state index in [1.54, 1.807) is 43.5 Å². The second-order valence-electron chi connectivity index (χ2n) is 9.37. The summed E-state index contributed by atoms with van der Waals surface area (Å²) in [6.07, 6.45) is 1.66. The molecule has 2 heterocycles. The molecule has 1 aliphatic rings. The molecule has 0 amide bonds. The molecule has 1 N–H and O–H groups in total. The zero-order valence-electron chi connectivity index (χ0n) is 21.6. The van der Waals surface area contributed by atoms with Crippen molar-refractivity contribution in [3.05, 3.63) is 99.9 Å². The molecule has 4 aromatic rings. The number of hydrogen-bond acceptors (Lipinski definition) is 7. The maximum atomic E-state index is 13.7. The number of piperazine rings is 1. The number of benzene rings is 3. The number of aliphatic hydroxyl groups is 1. The highest BCUT2D eigenvalue weighted by atomic mass is 35.5. The van der Waals surface area contributed by atoms with Crippen LogP contribution in [0.3, 0.4) is 0 Å². The number of halogens is 1. The summed E-state index contributed by atoms with van der Waals surface area (Å²) in [7, 11) is 0. The fourth-order valence-electron chi connectivity index (χ4n) is 4.62. The number of β-amino-alcohol motifs (C(OH)–C–C–N with tert-alkyl or cyclic N) is 1. The van der Waals surface area contributed by atoms with Crippen LogP contribution in [0.2, 0.25) is 5.02 Å². The van der Waals surface area contributed by atoms with E-state index in [1.165, 1.54) is 4.68 Å². The van der Waals surface area contributed by atoms with Gasteiger partial charge >= 0.3 is 5.56 Å². The van der Waals surface area contributed by atoms with E-state index in [1.807, 2.05) is 42.5 Å². The van der Waals surface area contributed by atoms with Crippen molar-refractivity contribution in [2.24, 2.45) is 0 Å². The quantitative estimate of drug-likeness (QED) is 0.323. The number of hydrogen-bond donors (Lipinski definition) is 1. The van der Waals surface area contributed by atoms with Crippen LogP contribution in [0.4, 0.5) is 5.69 Å². The van der Waals surface area contributed by atoms with Crippen molar-refractivity contribution in [3.63, 3.8) is 0 Å². The Morgan fingerprint density at radius 2 is 1.69 bits per heavy atom. The van der Waals surface area contributed by atoms with Crippen molar-refractivity contribution in [3.8, 4) is 28.3 Å². The number of ether oxygens (including phenoxy) is 1. The summed E-state index contributed by atoms with van der Waals surface area (Å²) in [5.74, 6) is 0.700. The lowest BCUT2D eigenvalue weighted by Gasteiger charge is -2.36. The van der Waals surface area contributed by atoms with Gasteiger partial charge < -0.3 is 14.7 Å². The standard InChI is InChI=1S/C30H29ClN4O4/c1-21(37)23-3-2-4-24(19-23)22-5-11-27(12-6-22)39-29-28(34-15-13-33(14-16-34)17-18-36)20-32-35(30(29)38)26-9-7-25(31)8-10-26/h2-12,19-20,36H,13-18H2,1H3. The topological polar surface area (TPSA) is 87.9 Å². The van der Waals surface area contributed by atoms with E-state index >= 15 is 0 Å². The van der Waals surface area contributed by atoms with Crippen LogP contribution >= 0.6 is 11.6 Å². The predicted molar refractivity (Wildman–Crippen MR) is 153 cm³/mol. The fourth-order valence-corrected chi connectivity index (χ4v) is 4.75. The Morgan fingerprint density at radius 1 is 0.974 bits per heavy atom. The summed E-state index contributed by atoms with van der Waals surface area (Å²) in [6, 6.07) is 21.8. The summed E-state index contributed by atoms with van der Waals surface area (Å²) in [5, 5.41) is 14.3. The van der Waals surface area contributed by atoms with Crippen molar-refractivity contribution in [2.75, 3.05) is 44.2 Å². The molecule has 1 fully saturated rings. The van der Waals surface area contributed by atoms with Gasteiger partial charge in [0.1, 0.15) is 11.4 Å². The minimum atomic E-state index is -0.383. The zero-order chi connectivity index (χ0) is 27.4. The number of anilines is 1. The summed E-state index contributed by atoms with van der Waals surface area (Å²) in [4.78, 5) is 29.8. The number of rotatable bonds is 8. The fraction of sp³-hybridized carbons (Fsp3) is 0.233. The van der Waals surface area contributed by atoms with Gasteiger partial charge in [0, 0.05) is 43.3 Å². The Morgan fingerprint density at radius 3 is 2.36 bits per heavy atom. The third kappa shape index (κ3) is 6.04. The summed E-state index contributed by atoms with van der Waals surface area (Å²) >= 11 is 6.04. The van der Waals surface area contributed by atoms with E-state index in [9.17, 15) is 14.7 Å². The molecule has 0 unspecified atom stereocenters. The van der Waals surface area contributed by atoms with Crippen LogP contribution in [-0.2, 0) is 0 Å². The van der Waals surface area contributed by atoms with Crippen molar-refractivity contribution in [2.45, 2.75) is 6.92 Å². The SMILES string of the molecule is CC(=O)c1cccc(-c2ccc(Oc3c(N4CCN(CCO)CC4)cnn(-c4ccc(Cl)cc4)c3=O)cc2)c1. The number of Topliss-reactive ketones (excluding diaryl/α,β-unsaturated/α-hetero) is 1. The van der Waals surface area contributed by atoms with Gasteiger partial charge in [-0.25, -0.2) is 0 Å². The number of carbonyl (C=O) groups excluding carboxylic acids is 1. The van der Waals surface area contributed by atoms with Crippen molar-refractivity contribution in [1.82, 2.24) is 14.7 Å². The Labute approximate surface area is 231 Å². The van der Waals surface area contributed by atoms with Gasteiger partial charge in [0.25, 0.3) is 0 Å². The lowest BCUT2D eigenvalue weighted by Crippen LogP contribution is -2.47. The average molecular weight is 545 g/mol. The van der Waals surface area contributed by atoms with Gasteiger partial charge in [-0.3, -0.25) is 14.5 Å². The van der Waals surface area contributed by atoms with Gasteiger partial charge in [0.05, 0.1) is 18.5 Å². The van der Waals surface area contributed by atoms with E-state index in [0.717, 1.165) is 24.2 Å². The lowest BCUT2D eigenvalue weighted by atomic mass is 10.0. The minimum Gasteiger partial charge on any atom is -0.449 e. The van der Waals surface area contributed by atoms with Gasteiger partial charge in [-0.2, -0.15) is 9.78 Å². The van der Waals surface area contributed by atoms with Crippen LogP contribution in [-0.4, -0.2) is 64.9 Å². The normalized spacial score (nSPS) is 13.9. The molecule has 0 bridgehead atoms. The van der Waals surface area contributed by atoms with Gasteiger partial charge in [0.2, 0.25) is 5.75 Å². The van der Waals surface area contributed by atoms with Crippen molar-refractivity contribution >= 4 is 23.1 Å². The first-order valence-corrected chi connectivity index (χ1v) is 13.2. The largest absolute Gasteiger partial charge is 0.449 e. The number of aliphatic hydroxyl groups excluding tert-OH is 1. The first-order chi connectivity index (χ1) is 18.9. The molecule has 0 atom stereocenters. The Kier molecular flexibility index (Phi) is 8.07. The average Bonchev–Trinajstić information content (AvgIpc) is 2.96. The van der Waals surface area contributed by atoms with E-state index in [4.69, 9.17) is 16.3 Å². The molecule has 39 heavy (non-hydrogen) atoms. The van der Waals surface area contributed by atoms with Gasteiger partial charge in [-0.05, 0) is 60.5 Å². The van der Waals surface area contributed by atoms with E-state index in [-0.39, 0.29) is 23.7 Å². The van der Waals surface area contributed by atoms with Crippen LogP contribution in [0.25, 0.3) is 16.8 Å². The molecule has 0 spiro atoms. The molecule has 8 nitrogen and oxygen atoms in total. The van der Waals surface area contributed by atoms with Gasteiger partial charge in [-0.15, -0.1) is 0 Å². The van der Waals surface area contributed by atoms with Crippen LogP contribution < -0.4 is 15.2 Å². The number of carbonyl (C=O) groups is 1. The van der Waals surface area contributed by atoms with Gasteiger partial charge in [-0.1, -0.05) is 41.9 Å². The maximum absolute atomic E-state index is 13.7. The molecular formula is C30H29ClN4O4. The van der Waals surface area contributed by atoms with Crippen LogP contribution in [0, 0.1) is 0 Å². The highest BCUT2D eigenvalue weighted by molar-refractivity contribution is 6.30. The van der Waals surface area contributed by atoms with Crippen molar-refractivity contribution in [1.29, 1.82) is 0 Å². The number of ketones is 1. The van der Waals surface area contributed by atoms with Crippen LogP contribution in [0.15, 0.2) is 83.8 Å². The third-order valence-corrected chi connectivity index (χ3v) is 7.04. The Balaban J connectivity index is 1.47. The molecule has 5 rings (SSSR count). The maximum Gasteiger partial charge on any atom is 0.316 e. The summed E-state index contributed by atoms with van der Waals surface area (Å²) in [6.45, 7) is 5.15. The summed E-state index contributed by atoms with van der Waals surface area (Å²) in [5.41, 5.74) is 3.31. The molecule has 0 aliphatic carbocycles. The molecule has 9 heteroatoms. The third-order valence-electron chi connectivity index (χ3n) is 6.79. The second kappa shape index (κ2) is 11.8. The first-order valence-electron chi connectivity index (χ1n) is 12.8. The van der Waals surface area contributed by atoms with E-state index < -0.39 is 0 Å². The highest BCUT2D eigenvalue weighted by Gasteiger charge is 2.24. The van der Waals surface area contributed by atoms with Crippen molar-refractivity contribution < 1.29 is 14.6 Å². The number of nitrogens with zero attached hydrogens (tertiary/aromatic N) is 4. The second-order valence-corrected chi connectivity index (χ2v) is 9.80. The molecule has 3 aromatic carbocycles. The predicted octanol–water partition coefficient (Wildman–Crippen LogP) is 4.66. The Bertz CT molecular complexity index is 1510. The summed E-state index contributed by atoms with van der Waals surface area (Å²) < 4.78 is 7.56. The van der Waals surface area contributed by atoms with E-state index in [0.29, 0.717) is 47.3 Å². The van der Waals surface area contributed by atoms with Gasteiger partial charge in [0.15, 0.2) is 5.78 Å². The van der Waals surface area contributed by atoms with Crippen LogP contribution in [0.1, 0.15) is 17.3 Å². The molecule has 1 aromatic heterocycles. The monoisotopic (exact) mass is 544 g/mol. The lowest BCUT2D eigenvalue weighted by molar-refractivity contribution is 0.101. The zero-order valence-corrected chi connectivity index (χ0v) is 22.3. The number of aromatic nitrogens is 2. The molecule has 0 saturated carbocycles. The molecule has 0 radical (unpaired) electrons. The smallest absolute Gasteiger partial charge is 0.316 e. The van der Waals surface area contributed by atoms with Crippen LogP contribution in [0.5, 0.6) is 11.5 Å². The van der Waals surface area contributed by atoms with E-state index in [2.05, 4.69) is 14.9 Å². The molecule has 1 aliphatic heterocycles.